The molecule has 8 heteroatoms. The van der Waals surface area contributed by atoms with E-state index in [2.05, 4.69) is 10.4 Å². The number of rotatable bonds is 6. The zero-order chi connectivity index (χ0) is 24.2. The van der Waals surface area contributed by atoms with Crippen molar-refractivity contribution < 1.29 is 19.1 Å². The lowest BCUT2D eigenvalue weighted by Crippen LogP contribution is -2.28. The number of benzene rings is 3. The number of nitrogens with zero attached hydrogens (tertiary/aromatic N) is 2. The van der Waals surface area contributed by atoms with Crippen LogP contribution in [-0.4, -0.2) is 27.4 Å². The van der Waals surface area contributed by atoms with Crippen LogP contribution in [0.25, 0.3) is 10.8 Å². The summed E-state index contributed by atoms with van der Waals surface area (Å²) in [5, 5.41) is 7.43. The highest BCUT2D eigenvalue weighted by molar-refractivity contribution is 6.04. The van der Waals surface area contributed by atoms with Gasteiger partial charge in [0.05, 0.1) is 5.39 Å². The molecular formula is C26H21N3O5. The number of amides is 1. The molecular weight excluding hydrogens is 434 g/mol. The molecule has 0 saturated carbocycles. The first kappa shape index (κ1) is 22.6. The van der Waals surface area contributed by atoms with E-state index in [-0.39, 0.29) is 17.0 Å². The number of Topliss-reactive ketones (excluding diaryl/α,β-unsaturated/α-hetero) is 1. The van der Waals surface area contributed by atoms with Gasteiger partial charge in [-0.25, -0.2) is 9.48 Å². The first-order valence-electron chi connectivity index (χ1n) is 10.5. The highest BCUT2D eigenvalue weighted by Gasteiger charge is 2.28. The number of fused-ring (bicyclic) bond motifs is 1. The van der Waals surface area contributed by atoms with Gasteiger partial charge in [0, 0.05) is 29.2 Å². The van der Waals surface area contributed by atoms with Crippen LogP contribution in [0.5, 0.6) is 0 Å². The smallest absolute Gasteiger partial charge is 0.360 e. The van der Waals surface area contributed by atoms with Crippen molar-refractivity contribution in [1.82, 2.24) is 9.78 Å². The summed E-state index contributed by atoms with van der Waals surface area (Å²) in [6.07, 6.45) is -1.30. The average molecular weight is 455 g/mol. The van der Waals surface area contributed by atoms with Crippen LogP contribution in [0.1, 0.15) is 39.4 Å². The lowest BCUT2D eigenvalue weighted by Gasteiger charge is -2.18. The van der Waals surface area contributed by atoms with Crippen LogP contribution in [0, 0.1) is 0 Å². The topological polar surface area (TPSA) is 107 Å². The Morgan fingerprint density at radius 2 is 1.59 bits per heavy atom. The second kappa shape index (κ2) is 9.50. The Hall–Kier alpha value is -4.59. The minimum atomic E-state index is -1.30. The molecule has 0 bridgehead atoms. The number of esters is 1. The normalized spacial score (nSPS) is 11.6. The zero-order valence-corrected chi connectivity index (χ0v) is 18.5. The number of ketones is 1. The van der Waals surface area contributed by atoms with Crippen molar-refractivity contribution in [3.05, 3.63) is 106 Å². The second-order valence-electron chi connectivity index (χ2n) is 7.65. The molecule has 4 aromatic rings. The van der Waals surface area contributed by atoms with Gasteiger partial charge in [0.1, 0.15) is 0 Å². The van der Waals surface area contributed by atoms with E-state index in [4.69, 9.17) is 4.74 Å². The molecule has 1 heterocycles. The van der Waals surface area contributed by atoms with Gasteiger partial charge in [-0.05, 0) is 25.1 Å². The summed E-state index contributed by atoms with van der Waals surface area (Å²) in [5.74, 6) is -1.60. The number of nitrogens with one attached hydrogen (secondary N) is 1. The molecule has 1 atom stereocenters. The van der Waals surface area contributed by atoms with E-state index in [0.717, 1.165) is 4.68 Å². The number of hydrogen-bond donors (Lipinski definition) is 1. The minimum Gasteiger partial charge on any atom is -0.442 e. The number of hydrogen-bond acceptors (Lipinski definition) is 6. The number of carbonyl (C=O) groups is 3. The van der Waals surface area contributed by atoms with Crippen molar-refractivity contribution in [3.63, 3.8) is 0 Å². The SMILES string of the molecule is CC(=O)c1cccc(NC(=O)C(OC(=O)c2nn(C)c(=O)c3ccccc23)c2ccccc2)c1. The van der Waals surface area contributed by atoms with Crippen molar-refractivity contribution in [2.45, 2.75) is 13.0 Å². The van der Waals surface area contributed by atoms with E-state index >= 15 is 0 Å². The van der Waals surface area contributed by atoms with E-state index in [0.29, 0.717) is 27.6 Å². The Balaban J connectivity index is 1.69. The van der Waals surface area contributed by atoms with Gasteiger partial charge >= 0.3 is 5.97 Å². The predicted molar refractivity (Wildman–Crippen MR) is 127 cm³/mol. The van der Waals surface area contributed by atoms with Gasteiger partial charge in [-0.1, -0.05) is 60.7 Å². The first-order chi connectivity index (χ1) is 16.3. The summed E-state index contributed by atoms with van der Waals surface area (Å²) in [5.41, 5.74) is 0.845. The van der Waals surface area contributed by atoms with E-state index in [9.17, 15) is 19.2 Å². The minimum absolute atomic E-state index is 0.0787. The predicted octanol–water partition coefficient (Wildman–Crippen LogP) is 3.67. The third-order valence-corrected chi connectivity index (χ3v) is 5.25. The lowest BCUT2D eigenvalue weighted by molar-refractivity contribution is -0.125. The Morgan fingerprint density at radius 3 is 2.29 bits per heavy atom. The Morgan fingerprint density at radius 1 is 0.912 bits per heavy atom. The standard InChI is InChI=1S/C26H21N3O5/c1-16(30)18-11-8-12-19(15-18)27-24(31)23(17-9-4-3-5-10-17)34-26(33)22-20-13-6-7-14-21(20)25(32)29(2)28-22/h3-15,23H,1-2H3,(H,27,31). The molecule has 1 N–H and O–H groups in total. The van der Waals surface area contributed by atoms with Gasteiger partial charge in [0.15, 0.2) is 11.5 Å². The van der Waals surface area contributed by atoms with Crippen LogP contribution in [0.4, 0.5) is 5.69 Å². The Labute approximate surface area is 194 Å². The molecule has 1 aromatic heterocycles. The van der Waals surface area contributed by atoms with Crippen LogP contribution in [-0.2, 0) is 16.6 Å². The molecule has 0 aliphatic heterocycles. The molecule has 0 fully saturated rings. The molecule has 0 aliphatic carbocycles. The molecule has 1 unspecified atom stereocenters. The Kier molecular flexibility index (Phi) is 6.31. The Bertz CT molecular complexity index is 1460. The number of aryl methyl sites for hydroxylation is 1. The molecule has 3 aromatic carbocycles. The summed E-state index contributed by atoms with van der Waals surface area (Å²) in [6.45, 7) is 1.43. The van der Waals surface area contributed by atoms with Gasteiger partial charge in [0.25, 0.3) is 11.5 Å². The fraction of sp³-hybridized carbons (Fsp3) is 0.115. The third-order valence-electron chi connectivity index (χ3n) is 5.25. The number of ether oxygens (including phenoxy) is 1. The maximum Gasteiger partial charge on any atom is 0.360 e. The van der Waals surface area contributed by atoms with Gasteiger partial charge in [-0.15, -0.1) is 0 Å². The molecule has 4 rings (SSSR count). The lowest BCUT2D eigenvalue weighted by atomic mass is 10.1. The number of anilines is 1. The van der Waals surface area contributed by atoms with E-state index in [1.54, 1.807) is 78.9 Å². The van der Waals surface area contributed by atoms with Crippen LogP contribution >= 0.6 is 0 Å². The molecule has 0 spiro atoms. The summed E-state index contributed by atoms with van der Waals surface area (Å²) in [6, 6.07) is 21.6. The fourth-order valence-electron chi connectivity index (χ4n) is 3.54. The number of aromatic nitrogens is 2. The largest absolute Gasteiger partial charge is 0.442 e. The monoisotopic (exact) mass is 455 g/mol. The van der Waals surface area contributed by atoms with E-state index < -0.39 is 18.0 Å². The zero-order valence-electron chi connectivity index (χ0n) is 18.5. The van der Waals surface area contributed by atoms with Crippen molar-refractivity contribution in [2.75, 3.05) is 5.32 Å². The summed E-state index contributed by atoms with van der Waals surface area (Å²) in [7, 11) is 1.44. The maximum absolute atomic E-state index is 13.2. The van der Waals surface area contributed by atoms with Crippen LogP contribution in [0.3, 0.4) is 0 Å². The van der Waals surface area contributed by atoms with Crippen LogP contribution in [0.2, 0.25) is 0 Å². The first-order valence-corrected chi connectivity index (χ1v) is 10.5. The van der Waals surface area contributed by atoms with Gasteiger partial charge in [0.2, 0.25) is 6.10 Å². The maximum atomic E-state index is 13.2. The van der Waals surface area contributed by atoms with Crippen molar-refractivity contribution in [1.29, 1.82) is 0 Å². The van der Waals surface area contributed by atoms with Crippen molar-refractivity contribution >= 4 is 34.1 Å². The van der Waals surface area contributed by atoms with E-state index in [1.165, 1.54) is 14.0 Å². The molecule has 1 amide bonds. The molecule has 8 nitrogen and oxygen atoms in total. The summed E-state index contributed by atoms with van der Waals surface area (Å²) < 4.78 is 6.70. The molecule has 170 valence electrons. The molecule has 0 saturated heterocycles. The van der Waals surface area contributed by atoms with Crippen LogP contribution < -0.4 is 10.9 Å². The van der Waals surface area contributed by atoms with Gasteiger partial charge < -0.3 is 10.1 Å². The highest BCUT2D eigenvalue weighted by Crippen LogP contribution is 2.23. The van der Waals surface area contributed by atoms with Gasteiger partial charge in [-0.2, -0.15) is 5.10 Å². The molecule has 0 aliphatic rings. The fourth-order valence-corrected chi connectivity index (χ4v) is 3.54. The van der Waals surface area contributed by atoms with Gasteiger partial charge in [-0.3, -0.25) is 14.4 Å². The molecule has 0 radical (unpaired) electrons. The molecule has 34 heavy (non-hydrogen) atoms. The van der Waals surface area contributed by atoms with Crippen molar-refractivity contribution in [2.24, 2.45) is 7.05 Å². The van der Waals surface area contributed by atoms with E-state index in [1.807, 2.05) is 0 Å². The quantitative estimate of drug-likeness (QED) is 0.351. The second-order valence-corrected chi connectivity index (χ2v) is 7.65. The van der Waals surface area contributed by atoms with Crippen molar-refractivity contribution in [3.8, 4) is 0 Å². The summed E-state index contributed by atoms with van der Waals surface area (Å²) >= 11 is 0. The summed E-state index contributed by atoms with van der Waals surface area (Å²) in [4.78, 5) is 50.5. The number of carbonyl (C=O) groups excluding carboxylic acids is 3. The third kappa shape index (κ3) is 4.61. The highest BCUT2D eigenvalue weighted by atomic mass is 16.5. The average Bonchev–Trinajstić information content (AvgIpc) is 2.85. The van der Waals surface area contributed by atoms with Crippen LogP contribution in [0.15, 0.2) is 83.7 Å².